The first-order valence-corrected chi connectivity index (χ1v) is 16.0. The number of carbonyl (C=O) groups excluding carboxylic acids is 1. The molecule has 0 atom stereocenters. The third kappa shape index (κ3) is 6.88. The summed E-state index contributed by atoms with van der Waals surface area (Å²) in [6.45, 7) is 3.90. The second kappa shape index (κ2) is 13.0. The molecule has 4 aromatic rings. The van der Waals surface area contributed by atoms with Gasteiger partial charge in [0, 0.05) is 55.8 Å². The number of carbonyl (C=O) groups is 1. The highest BCUT2D eigenvalue weighted by Gasteiger charge is 2.24. The number of pyridine rings is 1. The van der Waals surface area contributed by atoms with Gasteiger partial charge in [-0.05, 0) is 50.2 Å². The molecular formula is C31H30F2N6O6S. The molecule has 1 saturated heterocycles. The first-order valence-electron chi connectivity index (χ1n) is 14.2. The second-order valence-electron chi connectivity index (χ2n) is 10.8. The highest BCUT2D eigenvalue weighted by molar-refractivity contribution is 7.91. The quantitative estimate of drug-likeness (QED) is 0.259. The monoisotopic (exact) mass is 652 g/mol. The van der Waals surface area contributed by atoms with E-state index in [0.29, 0.717) is 11.4 Å². The average molecular weight is 653 g/mol. The van der Waals surface area contributed by atoms with Crippen LogP contribution in [-0.4, -0.2) is 59.3 Å². The summed E-state index contributed by atoms with van der Waals surface area (Å²) in [5, 5.41) is 9.95. The van der Waals surface area contributed by atoms with Gasteiger partial charge in [0.2, 0.25) is 0 Å². The number of ether oxygens (including phenoxy) is 1. The number of nitrogens with zero attached hydrogens (tertiary/aromatic N) is 4. The highest BCUT2D eigenvalue weighted by atomic mass is 32.2. The number of anilines is 2. The molecule has 0 bridgehead atoms. The van der Waals surface area contributed by atoms with Gasteiger partial charge >= 0.3 is 5.69 Å². The Morgan fingerprint density at radius 1 is 1.04 bits per heavy atom. The van der Waals surface area contributed by atoms with Crippen molar-refractivity contribution in [2.24, 2.45) is 0 Å². The minimum absolute atomic E-state index is 0.00811. The third-order valence-electron chi connectivity index (χ3n) is 7.33. The first kappa shape index (κ1) is 32.2. The lowest BCUT2D eigenvalue weighted by molar-refractivity contribution is 0.102. The summed E-state index contributed by atoms with van der Waals surface area (Å²) in [5.41, 5.74) is -1.06. The third-order valence-corrected chi connectivity index (χ3v) is 8.94. The van der Waals surface area contributed by atoms with Crippen molar-refractivity contribution in [2.45, 2.75) is 26.3 Å². The predicted octanol–water partition coefficient (Wildman–Crippen LogP) is 3.72. The van der Waals surface area contributed by atoms with Crippen molar-refractivity contribution in [1.82, 2.24) is 14.1 Å². The number of rotatable bonds is 9. The number of nitrogens with one attached hydrogen (secondary N) is 2. The Balaban J connectivity index is 1.41. The van der Waals surface area contributed by atoms with Gasteiger partial charge in [-0.15, -0.1) is 0 Å². The molecule has 0 spiro atoms. The smallest absolute Gasteiger partial charge is 0.335 e. The summed E-state index contributed by atoms with van der Waals surface area (Å²) < 4.78 is 60.3. The summed E-state index contributed by atoms with van der Waals surface area (Å²) >= 11 is 0. The first-order chi connectivity index (χ1) is 21.9. The lowest BCUT2D eigenvalue weighted by Crippen LogP contribution is -2.42. The molecule has 2 N–H and O–H groups in total. The van der Waals surface area contributed by atoms with Crippen LogP contribution in [0.2, 0.25) is 0 Å². The zero-order valence-electron chi connectivity index (χ0n) is 24.9. The fourth-order valence-electron chi connectivity index (χ4n) is 4.84. The van der Waals surface area contributed by atoms with Gasteiger partial charge in [0.05, 0.1) is 34.8 Å². The van der Waals surface area contributed by atoms with E-state index in [9.17, 15) is 27.2 Å². The molecule has 12 nitrogen and oxygen atoms in total. The van der Waals surface area contributed by atoms with Gasteiger partial charge in [0.25, 0.3) is 11.5 Å². The lowest BCUT2D eigenvalue weighted by atomic mass is 10.2. The van der Waals surface area contributed by atoms with Crippen molar-refractivity contribution in [3.63, 3.8) is 0 Å². The van der Waals surface area contributed by atoms with Crippen LogP contribution in [-0.2, 0) is 16.3 Å². The van der Waals surface area contributed by atoms with Crippen molar-refractivity contribution in [1.29, 1.82) is 5.41 Å². The number of aromatic nitrogens is 3. The average Bonchev–Trinajstić information content (AvgIpc) is 3.00. The van der Waals surface area contributed by atoms with E-state index in [1.807, 2.05) is 4.90 Å². The van der Waals surface area contributed by atoms with Crippen LogP contribution in [0.15, 0.2) is 70.5 Å². The molecule has 1 aliphatic heterocycles. The van der Waals surface area contributed by atoms with Crippen LogP contribution >= 0.6 is 0 Å². The summed E-state index contributed by atoms with van der Waals surface area (Å²) in [4.78, 5) is 45.8. The SMILES string of the molecule is CC(C)n1cc(C(=O)Nc2ccc(Oc3cc(N4CCS(=O)(=O)CC4)cnc3CC=N)c(F)c2)c(=O)n(-c2ccc(F)cc2)c1=O. The standard InChI is InChI=1S/C31H30F2N6O6S/c1-19(2)38-18-24(30(41)39(31(38)42)22-6-3-20(32)4-7-22)29(40)36-21-5-8-27(25(33)15-21)45-28-16-23(17-35-26(28)9-10-34)37-11-13-46(43,44)14-12-37/h3-8,10,15-19,34H,9,11-14H2,1-2H3,(H,36,40). The van der Waals surface area contributed by atoms with Gasteiger partial charge in [-0.2, -0.15) is 0 Å². The van der Waals surface area contributed by atoms with Crippen LogP contribution < -0.4 is 26.2 Å². The van der Waals surface area contributed by atoms with Crippen LogP contribution in [0.25, 0.3) is 5.69 Å². The van der Waals surface area contributed by atoms with Gasteiger partial charge < -0.3 is 20.4 Å². The zero-order chi connectivity index (χ0) is 33.2. The summed E-state index contributed by atoms with van der Waals surface area (Å²) in [6, 6.07) is 9.45. The Morgan fingerprint density at radius 3 is 2.37 bits per heavy atom. The maximum atomic E-state index is 15.3. The number of amides is 1. The molecule has 5 rings (SSSR count). The Hall–Kier alpha value is -5.18. The van der Waals surface area contributed by atoms with Crippen LogP contribution in [0.4, 0.5) is 20.2 Å². The van der Waals surface area contributed by atoms with Gasteiger partial charge in [-0.25, -0.2) is 26.6 Å². The summed E-state index contributed by atoms with van der Waals surface area (Å²) in [5.74, 6) is -2.39. The maximum absolute atomic E-state index is 15.3. The maximum Gasteiger partial charge on any atom is 0.335 e. The molecule has 0 saturated carbocycles. The molecule has 0 unspecified atom stereocenters. The normalized spacial score (nSPS) is 14.2. The number of halogens is 2. The number of hydrogen-bond acceptors (Lipinski definition) is 9. The fourth-order valence-corrected chi connectivity index (χ4v) is 6.04. The van der Waals surface area contributed by atoms with E-state index in [0.717, 1.165) is 35.2 Å². The van der Waals surface area contributed by atoms with Crippen molar-refractivity contribution in [3.05, 3.63) is 105 Å². The fraction of sp³-hybridized carbons (Fsp3) is 0.258. The largest absolute Gasteiger partial charge is 0.452 e. The zero-order valence-corrected chi connectivity index (χ0v) is 25.7. The molecule has 0 radical (unpaired) electrons. The molecule has 3 heterocycles. The predicted molar refractivity (Wildman–Crippen MR) is 169 cm³/mol. The Labute approximate surface area is 262 Å². The number of hydrogen-bond donors (Lipinski definition) is 2. The van der Waals surface area contributed by atoms with E-state index in [4.69, 9.17) is 10.1 Å². The minimum Gasteiger partial charge on any atom is -0.452 e. The van der Waals surface area contributed by atoms with Gasteiger partial charge in [0.15, 0.2) is 27.2 Å². The molecule has 0 aliphatic carbocycles. The molecule has 15 heteroatoms. The molecule has 1 aliphatic rings. The Bertz CT molecular complexity index is 2030. The van der Waals surface area contributed by atoms with Crippen LogP contribution in [0.1, 0.15) is 35.9 Å². The molecule has 46 heavy (non-hydrogen) atoms. The van der Waals surface area contributed by atoms with E-state index in [-0.39, 0.29) is 53.9 Å². The van der Waals surface area contributed by atoms with Crippen molar-refractivity contribution in [3.8, 4) is 17.2 Å². The summed E-state index contributed by atoms with van der Waals surface area (Å²) in [6.07, 6.45) is 3.89. The molecule has 1 amide bonds. The van der Waals surface area contributed by atoms with Crippen molar-refractivity contribution < 1.29 is 26.7 Å². The summed E-state index contributed by atoms with van der Waals surface area (Å²) in [7, 11) is -3.11. The van der Waals surface area contributed by atoms with E-state index < -0.39 is 50.2 Å². The van der Waals surface area contributed by atoms with Crippen LogP contribution in [0, 0.1) is 17.0 Å². The van der Waals surface area contributed by atoms with Crippen molar-refractivity contribution in [2.75, 3.05) is 34.8 Å². The highest BCUT2D eigenvalue weighted by Crippen LogP contribution is 2.32. The lowest BCUT2D eigenvalue weighted by Gasteiger charge is -2.29. The molecule has 240 valence electrons. The minimum atomic E-state index is -3.11. The van der Waals surface area contributed by atoms with Crippen LogP contribution in [0.5, 0.6) is 11.5 Å². The number of sulfone groups is 1. The molecule has 1 fully saturated rings. The van der Waals surface area contributed by atoms with Gasteiger partial charge in [-0.3, -0.25) is 19.1 Å². The van der Waals surface area contributed by atoms with Crippen LogP contribution in [0.3, 0.4) is 0 Å². The van der Waals surface area contributed by atoms with Gasteiger partial charge in [0.1, 0.15) is 11.4 Å². The van der Waals surface area contributed by atoms with Crippen molar-refractivity contribution >= 4 is 33.3 Å². The molecule has 2 aromatic carbocycles. The van der Waals surface area contributed by atoms with E-state index in [1.54, 1.807) is 26.1 Å². The van der Waals surface area contributed by atoms with E-state index >= 15 is 4.39 Å². The van der Waals surface area contributed by atoms with E-state index in [1.165, 1.54) is 28.8 Å². The Morgan fingerprint density at radius 2 is 1.74 bits per heavy atom. The topological polar surface area (TPSA) is 156 Å². The van der Waals surface area contributed by atoms with E-state index in [2.05, 4.69) is 10.3 Å². The van der Waals surface area contributed by atoms with Gasteiger partial charge in [-0.1, -0.05) is 0 Å². The number of benzene rings is 2. The molecule has 2 aromatic heterocycles. The Kier molecular flexibility index (Phi) is 9.14. The second-order valence-corrected chi connectivity index (χ2v) is 13.1. The molecular weight excluding hydrogens is 622 g/mol.